The molecule has 0 saturated carbocycles. The van der Waals surface area contributed by atoms with Crippen molar-refractivity contribution >= 4 is 27.5 Å². The maximum atomic E-state index is 10.4. The zero-order chi connectivity index (χ0) is 11.4. The lowest BCUT2D eigenvalue weighted by Gasteiger charge is -2.04. The molecule has 0 heterocycles. The van der Waals surface area contributed by atoms with Gasteiger partial charge in [-0.2, -0.15) is 0 Å². The number of hydrogen-bond acceptors (Lipinski definition) is 1. The van der Waals surface area contributed by atoms with E-state index in [1.165, 1.54) is 5.56 Å². The normalized spacial score (nSPS) is 11.5. The summed E-state index contributed by atoms with van der Waals surface area (Å²) >= 11 is 3.45. The predicted molar refractivity (Wildman–Crippen MR) is 64.8 cm³/mol. The largest absolute Gasteiger partial charge is 0.481 e. The van der Waals surface area contributed by atoms with Crippen LogP contribution in [0.25, 0.3) is 5.57 Å². The van der Waals surface area contributed by atoms with Crippen molar-refractivity contribution in [1.29, 1.82) is 0 Å². The van der Waals surface area contributed by atoms with E-state index in [-0.39, 0.29) is 6.42 Å². The van der Waals surface area contributed by atoms with E-state index in [1.54, 1.807) is 6.08 Å². The molecular weight excluding hydrogens is 256 g/mol. The summed E-state index contributed by atoms with van der Waals surface area (Å²) in [4.78, 5) is 10.4. The van der Waals surface area contributed by atoms with Crippen LogP contribution in [0.3, 0.4) is 0 Å². The highest BCUT2D eigenvalue weighted by Crippen LogP contribution is 2.22. The highest BCUT2D eigenvalue weighted by molar-refractivity contribution is 9.10. The van der Waals surface area contributed by atoms with Gasteiger partial charge in [-0.1, -0.05) is 34.1 Å². The van der Waals surface area contributed by atoms with E-state index in [0.717, 1.165) is 15.6 Å². The lowest BCUT2D eigenvalue weighted by atomic mass is 10.0. The minimum absolute atomic E-state index is 0.0668. The topological polar surface area (TPSA) is 37.3 Å². The van der Waals surface area contributed by atoms with Crippen molar-refractivity contribution in [2.24, 2.45) is 0 Å². The fraction of sp³-hybridized carbons (Fsp3) is 0.250. The van der Waals surface area contributed by atoms with Crippen molar-refractivity contribution in [3.8, 4) is 0 Å². The molecule has 0 atom stereocenters. The maximum absolute atomic E-state index is 10.4. The molecule has 1 rings (SSSR count). The van der Waals surface area contributed by atoms with E-state index >= 15 is 0 Å². The Hall–Kier alpha value is -1.09. The van der Waals surface area contributed by atoms with Gasteiger partial charge >= 0.3 is 5.97 Å². The third kappa shape index (κ3) is 3.51. The zero-order valence-corrected chi connectivity index (χ0v) is 10.3. The quantitative estimate of drug-likeness (QED) is 0.909. The Morgan fingerprint density at radius 1 is 1.53 bits per heavy atom. The summed E-state index contributed by atoms with van der Waals surface area (Å²) in [6.07, 6.45) is 1.79. The summed E-state index contributed by atoms with van der Waals surface area (Å²) < 4.78 is 1.04. The van der Waals surface area contributed by atoms with Crippen LogP contribution in [0.15, 0.2) is 28.7 Å². The molecular formula is C12H13BrO2. The number of rotatable bonds is 3. The number of halogens is 1. The molecule has 3 heteroatoms. The van der Waals surface area contributed by atoms with Gasteiger partial charge in [0.2, 0.25) is 0 Å². The molecule has 0 fully saturated rings. The van der Waals surface area contributed by atoms with E-state index in [2.05, 4.69) is 15.9 Å². The van der Waals surface area contributed by atoms with Gasteiger partial charge in [-0.3, -0.25) is 4.79 Å². The highest BCUT2D eigenvalue weighted by Gasteiger charge is 2.00. The van der Waals surface area contributed by atoms with Crippen LogP contribution < -0.4 is 0 Å². The first-order chi connectivity index (χ1) is 7.00. The van der Waals surface area contributed by atoms with Gasteiger partial charge in [0, 0.05) is 4.47 Å². The first-order valence-electron chi connectivity index (χ1n) is 4.66. The molecule has 0 aliphatic heterocycles. The maximum Gasteiger partial charge on any atom is 0.307 e. The van der Waals surface area contributed by atoms with Crippen LogP contribution in [0, 0.1) is 6.92 Å². The lowest BCUT2D eigenvalue weighted by Crippen LogP contribution is -1.91. The van der Waals surface area contributed by atoms with Crippen LogP contribution in [0.5, 0.6) is 0 Å². The summed E-state index contributed by atoms with van der Waals surface area (Å²) in [5.74, 6) is -0.805. The van der Waals surface area contributed by atoms with Crippen molar-refractivity contribution in [1.82, 2.24) is 0 Å². The van der Waals surface area contributed by atoms with E-state index in [9.17, 15) is 4.79 Å². The Kier molecular flexibility index (Phi) is 4.09. The monoisotopic (exact) mass is 268 g/mol. The van der Waals surface area contributed by atoms with Crippen LogP contribution in [0.4, 0.5) is 0 Å². The second-order valence-electron chi connectivity index (χ2n) is 3.45. The van der Waals surface area contributed by atoms with Gasteiger partial charge in [0.1, 0.15) is 0 Å². The minimum atomic E-state index is -0.805. The average Bonchev–Trinajstić information content (AvgIpc) is 2.18. The molecule has 1 N–H and O–H groups in total. The highest BCUT2D eigenvalue weighted by atomic mass is 79.9. The summed E-state index contributed by atoms with van der Waals surface area (Å²) in [5.41, 5.74) is 3.21. The second kappa shape index (κ2) is 5.12. The van der Waals surface area contributed by atoms with Gasteiger partial charge in [0.25, 0.3) is 0 Å². The number of aliphatic carboxylic acids is 1. The number of carboxylic acid groups (broad SMARTS) is 1. The van der Waals surface area contributed by atoms with Crippen molar-refractivity contribution in [2.75, 3.05) is 0 Å². The SMILES string of the molecule is C/C(=C\CC(=O)O)c1ccc(C)c(Br)c1. The van der Waals surface area contributed by atoms with Gasteiger partial charge in [0.05, 0.1) is 6.42 Å². The Morgan fingerprint density at radius 2 is 2.20 bits per heavy atom. The van der Waals surface area contributed by atoms with Gasteiger partial charge < -0.3 is 5.11 Å². The molecule has 80 valence electrons. The molecule has 0 amide bonds. The number of hydrogen-bond donors (Lipinski definition) is 1. The smallest absolute Gasteiger partial charge is 0.307 e. The summed E-state index contributed by atoms with van der Waals surface area (Å²) in [6, 6.07) is 6.01. The molecule has 0 aliphatic rings. The van der Waals surface area contributed by atoms with E-state index < -0.39 is 5.97 Å². The van der Waals surface area contributed by atoms with Crippen LogP contribution in [-0.4, -0.2) is 11.1 Å². The van der Waals surface area contributed by atoms with E-state index in [0.29, 0.717) is 0 Å². The van der Waals surface area contributed by atoms with Crippen LogP contribution in [0.2, 0.25) is 0 Å². The van der Waals surface area contributed by atoms with Gasteiger partial charge in [0.15, 0.2) is 0 Å². The zero-order valence-electron chi connectivity index (χ0n) is 8.75. The molecule has 0 unspecified atom stereocenters. The standard InChI is InChI=1S/C12H13BrO2/c1-8(4-6-12(14)15)10-5-3-9(2)11(13)7-10/h3-5,7H,6H2,1-2H3,(H,14,15)/b8-4+. The average molecular weight is 269 g/mol. The van der Waals surface area contributed by atoms with Crippen LogP contribution in [-0.2, 0) is 4.79 Å². The van der Waals surface area contributed by atoms with Crippen LogP contribution in [0.1, 0.15) is 24.5 Å². The third-order valence-corrected chi connectivity index (χ3v) is 3.06. The Morgan fingerprint density at radius 3 is 2.73 bits per heavy atom. The summed E-state index contributed by atoms with van der Waals surface area (Å²) in [5, 5.41) is 8.55. The molecule has 15 heavy (non-hydrogen) atoms. The first-order valence-corrected chi connectivity index (χ1v) is 5.45. The molecule has 2 nitrogen and oxygen atoms in total. The molecule has 0 aliphatic carbocycles. The number of carbonyl (C=O) groups is 1. The number of carboxylic acids is 1. The molecule has 1 aromatic carbocycles. The molecule has 0 aromatic heterocycles. The number of aryl methyl sites for hydroxylation is 1. The van der Waals surface area contributed by atoms with Crippen molar-refractivity contribution < 1.29 is 9.90 Å². The lowest BCUT2D eigenvalue weighted by molar-refractivity contribution is -0.135. The fourth-order valence-corrected chi connectivity index (χ4v) is 1.58. The summed E-state index contributed by atoms with van der Waals surface area (Å²) in [7, 11) is 0. The Bertz CT molecular complexity index is 408. The van der Waals surface area contributed by atoms with E-state index in [1.807, 2.05) is 32.0 Å². The third-order valence-electron chi connectivity index (χ3n) is 2.21. The molecule has 1 aromatic rings. The first kappa shape index (κ1) is 12.0. The van der Waals surface area contributed by atoms with Crippen LogP contribution >= 0.6 is 15.9 Å². The number of benzene rings is 1. The number of allylic oxidation sites excluding steroid dienone is 1. The molecule has 0 spiro atoms. The minimum Gasteiger partial charge on any atom is -0.481 e. The Balaban J connectivity index is 2.91. The Labute approximate surface area is 97.8 Å². The van der Waals surface area contributed by atoms with Crippen molar-refractivity contribution in [3.05, 3.63) is 39.9 Å². The summed E-state index contributed by atoms with van der Waals surface area (Å²) in [6.45, 7) is 3.93. The second-order valence-corrected chi connectivity index (χ2v) is 4.30. The van der Waals surface area contributed by atoms with Gasteiger partial charge in [-0.05, 0) is 36.6 Å². The fourth-order valence-electron chi connectivity index (χ4n) is 1.20. The molecule has 0 bridgehead atoms. The van der Waals surface area contributed by atoms with Gasteiger partial charge in [-0.15, -0.1) is 0 Å². The molecule has 0 radical (unpaired) electrons. The van der Waals surface area contributed by atoms with Crippen molar-refractivity contribution in [3.63, 3.8) is 0 Å². The van der Waals surface area contributed by atoms with E-state index in [4.69, 9.17) is 5.11 Å². The predicted octanol–water partition coefficient (Wildman–Crippen LogP) is 3.64. The molecule has 0 saturated heterocycles. The van der Waals surface area contributed by atoms with Gasteiger partial charge in [-0.25, -0.2) is 0 Å². The van der Waals surface area contributed by atoms with Crippen molar-refractivity contribution in [2.45, 2.75) is 20.3 Å².